The number of rotatable bonds is 1. The molecule has 1 heterocycles. The highest BCUT2D eigenvalue weighted by atomic mass is 16.3. The molecule has 1 N–H and O–H groups in total. The lowest BCUT2D eigenvalue weighted by atomic mass is 10.1. The SMILES string of the molecule is N#Cc1ccc(N2c3ccccc3CC2O)cc1. The molecule has 0 aromatic heterocycles. The number of benzene rings is 2. The largest absolute Gasteiger partial charge is 0.373 e. The normalized spacial score (nSPS) is 17.3. The standard InChI is InChI=1S/C15H12N2O/c16-10-11-5-7-13(8-6-11)17-14-4-2-1-3-12(14)9-15(17)18/h1-8,15,18H,9H2. The first-order valence-corrected chi connectivity index (χ1v) is 5.85. The number of anilines is 2. The third-order valence-corrected chi connectivity index (χ3v) is 3.23. The molecule has 0 saturated heterocycles. The van der Waals surface area contributed by atoms with Gasteiger partial charge in [-0.05, 0) is 35.9 Å². The minimum atomic E-state index is -0.532. The molecule has 18 heavy (non-hydrogen) atoms. The van der Waals surface area contributed by atoms with E-state index < -0.39 is 6.23 Å². The fraction of sp³-hybridized carbons (Fsp3) is 0.133. The summed E-state index contributed by atoms with van der Waals surface area (Å²) >= 11 is 0. The van der Waals surface area contributed by atoms with Gasteiger partial charge < -0.3 is 10.0 Å². The Morgan fingerprint density at radius 2 is 1.83 bits per heavy atom. The second kappa shape index (κ2) is 4.17. The van der Waals surface area contributed by atoms with Crippen molar-refractivity contribution in [3.8, 4) is 6.07 Å². The molecule has 0 saturated carbocycles. The van der Waals surface area contributed by atoms with Crippen LogP contribution >= 0.6 is 0 Å². The third kappa shape index (κ3) is 1.64. The first-order chi connectivity index (χ1) is 8.79. The molecular weight excluding hydrogens is 224 g/mol. The Labute approximate surface area is 106 Å². The van der Waals surface area contributed by atoms with Crippen molar-refractivity contribution in [3.63, 3.8) is 0 Å². The maximum Gasteiger partial charge on any atom is 0.135 e. The second-order valence-corrected chi connectivity index (χ2v) is 4.34. The molecule has 0 radical (unpaired) electrons. The summed E-state index contributed by atoms with van der Waals surface area (Å²) in [7, 11) is 0. The second-order valence-electron chi connectivity index (χ2n) is 4.34. The zero-order chi connectivity index (χ0) is 12.5. The van der Waals surface area contributed by atoms with Crippen LogP contribution in [0.3, 0.4) is 0 Å². The zero-order valence-electron chi connectivity index (χ0n) is 9.74. The monoisotopic (exact) mass is 236 g/mol. The van der Waals surface area contributed by atoms with Crippen molar-refractivity contribution in [2.24, 2.45) is 0 Å². The van der Waals surface area contributed by atoms with Crippen LogP contribution in [0.25, 0.3) is 0 Å². The van der Waals surface area contributed by atoms with Crippen molar-refractivity contribution >= 4 is 11.4 Å². The minimum absolute atomic E-state index is 0.532. The number of hydrogen-bond acceptors (Lipinski definition) is 3. The third-order valence-electron chi connectivity index (χ3n) is 3.23. The van der Waals surface area contributed by atoms with Crippen LogP contribution in [0.5, 0.6) is 0 Å². The molecule has 88 valence electrons. The molecule has 0 amide bonds. The van der Waals surface area contributed by atoms with Crippen molar-refractivity contribution < 1.29 is 5.11 Å². The van der Waals surface area contributed by atoms with Crippen LogP contribution < -0.4 is 4.90 Å². The minimum Gasteiger partial charge on any atom is -0.373 e. The highest BCUT2D eigenvalue weighted by Gasteiger charge is 2.28. The molecule has 2 aromatic rings. The summed E-state index contributed by atoms with van der Waals surface area (Å²) in [6, 6.07) is 17.3. The smallest absolute Gasteiger partial charge is 0.135 e. The average molecular weight is 236 g/mol. The topological polar surface area (TPSA) is 47.3 Å². The number of nitriles is 1. The predicted octanol–water partition coefficient (Wildman–Crippen LogP) is 2.57. The van der Waals surface area contributed by atoms with Crippen LogP contribution in [0.1, 0.15) is 11.1 Å². The van der Waals surface area contributed by atoms with Gasteiger partial charge in [-0.15, -0.1) is 0 Å². The Morgan fingerprint density at radius 3 is 2.56 bits per heavy atom. The van der Waals surface area contributed by atoms with Gasteiger partial charge in [-0.2, -0.15) is 5.26 Å². The fourth-order valence-electron chi connectivity index (χ4n) is 2.37. The molecule has 1 aliphatic heterocycles. The number of fused-ring (bicyclic) bond motifs is 1. The summed E-state index contributed by atoms with van der Waals surface area (Å²) < 4.78 is 0. The van der Waals surface area contributed by atoms with E-state index in [4.69, 9.17) is 5.26 Å². The van der Waals surface area contributed by atoms with E-state index in [1.807, 2.05) is 41.3 Å². The van der Waals surface area contributed by atoms with E-state index in [0.717, 1.165) is 16.9 Å². The van der Waals surface area contributed by atoms with E-state index in [9.17, 15) is 5.11 Å². The molecule has 0 aliphatic carbocycles. The van der Waals surface area contributed by atoms with Gasteiger partial charge >= 0.3 is 0 Å². The van der Waals surface area contributed by atoms with Crippen LogP contribution in [-0.4, -0.2) is 11.3 Å². The molecular formula is C15H12N2O. The summed E-state index contributed by atoms with van der Waals surface area (Å²) in [4.78, 5) is 1.90. The van der Waals surface area contributed by atoms with Crippen molar-refractivity contribution in [2.45, 2.75) is 12.6 Å². The molecule has 3 heteroatoms. The first-order valence-electron chi connectivity index (χ1n) is 5.85. The highest BCUT2D eigenvalue weighted by molar-refractivity contribution is 5.70. The van der Waals surface area contributed by atoms with Gasteiger partial charge in [0.15, 0.2) is 0 Å². The maximum atomic E-state index is 10.2. The van der Waals surface area contributed by atoms with Crippen LogP contribution in [0.15, 0.2) is 48.5 Å². The van der Waals surface area contributed by atoms with Crippen molar-refractivity contribution in [2.75, 3.05) is 4.90 Å². The summed E-state index contributed by atoms with van der Waals surface area (Å²) in [5.41, 5.74) is 3.72. The number of aliphatic hydroxyl groups excluding tert-OH is 1. The van der Waals surface area contributed by atoms with Gasteiger partial charge in [0.2, 0.25) is 0 Å². The lowest BCUT2D eigenvalue weighted by Crippen LogP contribution is -2.26. The number of para-hydroxylation sites is 1. The summed E-state index contributed by atoms with van der Waals surface area (Å²) in [6.07, 6.45) is 0.103. The summed E-state index contributed by atoms with van der Waals surface area (Å²) in [5, 5.41) is 18.9. The molecule has 0 bridgehead atoms. The molecule has 0 fully saturated rings. The molecule has 3 nitrogen and oxygen atoms in total. The predicted molar refractivity (Wildman–Crippen MR) is 69.4 cm³/mol. The number of aliphatic hydroxyl groups is 1. The fourth-order valence-corrected chi connectivity index (χ4v) is 2.37. The van der Waals surface area contributed by atoms with Crippen LogP contribution in [0.2, 0.25) is 0 Å². The van der Waals surface area contributed by atoms with Crippen molar-refractivity contribution in [1.29, 1.82) is 5.26 Å². The summed E-state index contributed by atoms with van der Waals surface area (Å²) in [5.74, 6) is 0. The van der Waals surface area contributed by atoms with E-state index in [2.05, 4.69) is 6.07 Å². The molecule has 3 rings (SSSR count). The Bertz CT molecular complexity index is 613. The van der Waals surface area contributed by atoms with Crippen molar-refractivity contribution in [3.05, 3.63) is 59.7 Å². The highest BCUT2D eigenvalue weighted by Crippen LogP contribution is 2.37. The van der Waals surface area contributed by atoms with E-state index in [0.29, 0.717) is 12.0 Å². The number of nitrogens with zero attached hydrogens (tertiary/aromatic N) is 2. The number of hydrogen-bond donors (Lipinski definition) is 1. The van der Waals surface area contributed by atoms with E-state index in [-0.39, 0.29) is 0 Å². The maximum absolute atomic E-state index is 10.2. The van der Waals surface area contributed by atoms with Gasteiger partial charge in [-0.25, -0.2) is 0 Å². The van der Waals surface area contributed by atoms with Crippen LogP contribution in [0.4, 0.5) is 11.4 Å². The molecule has 0 spiro atoms. The zero-order valence-corrected chi connectivity index (χ0v) is 9.74. The Morgan fingerprint density at radius 1 is 1.11 bits per heavy atom. The molecule has 1 unspecified atom stereocenters. The average Bonchev–Trinajstić information content (AvgIpc) is 2.75. The Kier molecular flexibility index (Phi) is 2.51. The van der Waals surface area contributed by atoms with E-state index in [1.54, 1.807) is 12.1 Å². The quantitative estimate of drug-likeness (QED) is 0.827. The van der Waals surface area contributed by atoms with Gasteiger partial charge in [0.05, 0.1) is 11.6 Å². The van der Waals surface area contributed by atoms with Gasteiger partial charge in [0.1, 0.15) is 6.23 Å². The Balaban J connectivity index is 2.04. The molecule has 2 aromatic carbocycles. The van der Waals surface area contributed by atoms with E-state index >= 15 is 0 Å². The lowest BCUT2D eigenvalue weighted by molar-refractivity contribution is 0.191. The van der Waals surface area contributed by atoms with Gasteiger partial charge in [-0.1, -0.05) is 18.2 Å². The van der Waals surface area contributed by atoms with Crippen LogP contribution in [-0.2, 0) is 6.42 Å². The summed E-state index contributed by atoms with van der Waals surface area (Å²) in [6.45, 7) is 0. The van der Waals surface area contributed by atoms with Gasteiger partial charge in [0.25, 0.3) is 0 Å². The van der Waals surface area contributed by atoms with Crippen molar-refractivity contribution in [1.82, 2.24) is 0 Å². The van der Waals surface area contributed by atoms with Crippen LogP contribution in [0, 0.1) is 11.3 Å². The molecule has 1 atom stereocenters. The Hall–Kier alpha value is -2.31. The van der Waals surface area contributed by atoms with E-state index in [1.165, 1.54) is 0 Å². The lowest BCUT2D eigenvalue weighted by Gasteiger charge is -2.23. The first kappa shape index (κ1) is 10.8. The molecule has 1 aliphatic rings. The van der Waals surface area contributed by atoms with Gasteiger partial charge in [-0.3, -0.25) is 0 Å². The van der Waals surface area contributed by atoms with Gasteiger partial charge in [0, 0.05) is 17.8 Å².